The maximum atomic E-state index is 5.90. The Morgan fingerprint density at radius 2 is 1.82 bits per heavy atom. The average molecular weight is 236 g/mol. The van der Waals surface area contributed by atoms with E-state index in [-0.39, 0.29) is 0 Å². The molecule has 0 aromatic heterocycles. The highest BCUT2D eigenvalue weighted by Gasteiger charge is 2.29. The topological polar surface area (TPSA) is 29.3 Å². The molecule has 2 aliphatic rings. The van der Waals surface area contributed by atoms with Crippen LogP contribution in [0.15, 0.2) is 12.2 Å². The van der Waals surface area contributed by atoms with Crippen LogP contribution in [-0.2, 0) is 0 Å². The first-order valence-electron chi connectivity index (χ1n) is 7.11. The molecule has 0 radical (unpaired) electrons. The van der Waals surface area contributed by atoms with Gasteiger partial charge in [0.1, 0.15) is 0 Å². The van der Waals surface area contributed by atoms with E-state index in [0.717, 1.165) is 12.3 Å². The highest BCUT2D eigenvalue weighted by molar-refractivity contribution is 5.05. The Hall–Kier alpha value is -0.340. The van der Waals surface area contributed by atoms with Gasteiger partial charge in [-0.15, -0.1) is 0 Å². The van der Waals surface area contributed by atoms with E-state index >= 15 is 0 Å². The van der Waals surface area contributed by atoms with Gasteiger partial charge < -0.3 is 10.6 Å². The van der Waals surface area contributed by atoms with E-state index in [1.807, 2.05) is 0 Å². The van der Waals surface area contributed by atoms with Crippen molar-refractivity contribution in [2.24, 2.45) is 23.0 Å². The standard InChI is InChI=1S/C15H28N2/c1-15(2,3)13-6-8-17(9-7-13)11-12-4-5-14(16)10-12/h4-5,12-14H,6-11,16H2,1-3H3. The zero-order valence-electron chi connectivity index (χ0n) is 11.7. The van der Waals surface area contributed by atoms with Gasteiger partial charge in [0.25, 0.3) is 0 Å². The molecule has 0 spiro atoms. The van der Waals surface area contributed by atoms with Crippen LogP contribution in [0.2, 0.25) is 0 Å². The van der Waals surface area contributed by atoms with Crippen LogP contribution in [0.1, 0.15) is 40.0 Å². The lowest BCUT2D eigenvalue weighted by molar-refractivity contribution is 0.105. The van der Waals surface area contributed by atoms with E-state index in [9.17, 15) is 0 Å². The SMILES string of the molecule is CC(C)(C)C1CCN(CC2C=CC(N)C2)CC1. The van der Waals surface area contributed by atoms with Gasteiger partial charge in [-0.2, -0.15) is 0 Å². The molecule has 1 fully saturated rings. The number of likely N-dealkylation sites (tertiary alicyclic amines) is 1. The third-order valence-electron chi connectivity index (χ3n) is 4.51. The summed E-state index contributed by atoms with van der Waals surface area (Å²) in [7, 11) is 0. The minimum Gasteiger partial charge on any atom is -0.324 e. The normalized spacial score (nSPS) is 32.2. The molecular weight excluding hydrogens is 208 g/mol. The van der Waals surface area contributed by atoms with Crippen LogP contribution < -0.4 is 5.73 Å². The zero-order valence-corrected chi connectivity index (χ0v) is 11.7. The van der Waals surface area contributed by atoms with Gasteiger partial charge in [-0.25, -0.2) is 0 Å². The van der Waals surface area contributed by atoms with Gasteiger partial charge in [-0.05, 0) is 49.6 Å². The number of piperidine rings is 1. The van der Waals surface area contributed by atoms with Crippen LogP contribution in [-0.4, -0.2) is 30.6 Å². The Kier molecular flexibility index (Phi) is 3.94. The minimum absolute atomic E-state index is 0.312. The van der Waals surface area contributed by atoms with E-state index < -0.39 is 0 Å². The molecule has 1 aliphatic carbocycles. The Bertz CT molecular complexity index is 269. The van der Waals surface area contributed by atoms with Crippen LogP contribution in [0.5, 0.6) is 0 Å². The first kappa shape index (κ1) is 13.1. The predicted octanol–water partition coefficient (Wildman–Crippen LogP) is 2.65. The van der Waals surface area contributed by atoms with Crippen molar-refractivity contribution < 1.29 is 0 Å². The quantitative estimate of drug-likeness (QED) is 0.747. The number of rotatable bonds is 2. The van der Waals surface area contributed by atoms with Crippen LogP contribution in [0.4, 0.5) is 0 Å². The van der Waals surface area contributed by atoms with Crippen molar-refractivity contribution in [2.75, 3.05) is 19.6 Å². The van der Waals surface area contributed by atoms with E-state index in [0.29, 0.717) is 17.4 Å². The molecule has 98 valence electrons. The van der Waals surface area contributed by atoms with Crippen molar-refractivity contribution in [3.05, 3.63) is 12.2 Å². The lowest BCUT2D eigenvalue weighted by Gasteiger charge is -2.39. The number of hydrogen-bond acceptors (Lipinski definition) is 2. The smallest absolute Gasteiger partial charge is 0.0229 e. The molecule has 0 bridgehead atoms. The van der Waals surface area contributed by atoms with Crippen LogP contribution in [0.3, 0.4) is 0 Å². The number of hydrogen-bond donors (Lipinski definition) is 1. The largest absolute Gasteiger partial charge is 0.324 e. The monoisotopic (exact) mass is 236 g/mol. The Morgan fingerprint density at radius 3 is 2.29 bits per heavy atom. The third-order valence-corrected chi connectivity index (χ3v) is 4.51. The lowest BCUT2D eigenvalue weighted by atomic mass is 9.75. The van der Waals surface area contributed by atoms with E-state index in [2.05, 4.69) is 37.8 Å². The molecule has 2 heteroatoms. The molecule has 1 aliphatic heterocycles. The fourth-order valence-corrected chi connectivity index (χ4v) is 3.26. The van der Waals surface area contributed by atoms with Gasteiger partial charge in [0.2, 0.25) is 0 Å². The summed E-state index contributed by atoms with van der Waals surface area (Å²) < 4.78 is 0. The van der Waals surface area contributed by atoms with E-state index in [4.69, 9.17) is 5.73 Å². The molecule has 1 heterocycles. The Morgan fingerprint density at radius 1 is 1.18 bits per heavy atom. The van der Waals surface area contributed by atoms with Gasteiger partial charge in [-0.3, -0.25) is 0 Å². The van der Waals surface area contributed by atoms with E-state index in [1.165, 1.54) is 32.5 Å². The molecule has 0 amide bonds. The summed E-state index contributed by atoms with van der Waals surface area (Å²) in [6, 6.07) is 0.312. The second-order valence-corrected chi connectivity index (χ2v) is 6.99. The molecular formula is C15H28N2. The van der Waals surface area contributed by atoms with Gasteiger partial charge >= 0.3 is 0 Å². The minimum atomic E-state index is 0.312. The summed E-state index contributed by atoms with van der Waals surface area (Å²) in [5.41, 5.74) is 6.39. The first-order valence-corrected chi connectivity index (χ1v) is 7.11. The van der Waals surface area contributed by atoms with Crippen molar-refractivity contribution >= 4 is 0 Å². The molecule has 0 saturated carbocycles. The van der Waals surface area contributed by atoms with Gasteiger partial charge in [0.05, 0.1) is 0 Å². The highest BCUT2D eigenvalue weighted by atomic mass is 15.1. The predicted molar refractivity (Wildman–Crippen MR) is 73.8 cm³/mol. The van der Waals surface area contributed by atoms with Crippen LogP contribution in [0.25, 0.3) is 0 Å². The average Bonchev–Trinajstić information content (AvgIpc) is 2.63. The number of nitrogens with two attached hydrogens (primary N) is 1. The maximum Gasteiger partial charge on any atom is 0.0229 e. The van der Waals surface area contributed by atoms with Crippen molar-refractivity contribution in [1.29, 1.82) is 0 Å². The molecule has 17 heavy (non-hydrogen) atoms. The van der Waals surface area contributed by atoms with E-state index in [1.54, 1.807) is 0 Å². The summed E-state index contributed by atoms with van der Waals surface area (Å²) in [6.07, 6.45) is 8.38. The maximum absolute atomic E-state index is 5.90. The van der Waals surface area contributed by atoms with Crippen LogP contribution >= 0.6 is 0 Å². The van der Waals surface area contributed by atoms with Gasteiger partial charge in [-0.1, -0.05) is 32.9 Å². The lowest BCUT2D eigenvalue weighted by Crippen LogP contribution is -2.40. The summed E-state index contributed by atoms with van der Waals surface area (Å²) in [5, 5.41) is 0. The second kappa shape index (κ2) is 5.11. The summed E-state index contributed by atoms with van der Waals surface area (Å²) in [6.45, 7) is 10.9. The third kappa shape index (κ3) is 3.56. The van der Waals surface area contributed by atoms with Gasteiger partial charge in [0, 0.05) is 12.6 Å². The molecule has 1 saturated heterocycles. The Balaban J connectivity index is 1.74. The zero-order chi connectivity index (χ0) is 12.5. The summed E-state index contributed by atoms with van der Waals surface area (Å²) in [5.74, 6) is 1.61. The Labute approximate surface area is 106 Å². The van der Waals surface area contributed by atoms with Crippen LogP contribution in [0, 0.1) is 17.3 Å². The summed E-state index contributed by atoms with van der Waals surface area (Å²) in [4.78, 5) is 2.63. The van der Waals surface area contributed by atoms with Crippen molar-refractivity contribution in [3.8, 4) is 0 Å². The molecule has 2 unspecified atom stereocenters. The highest BCUT2D eigenvalue weighted by Crippen LogP contribution is 2.34. The molecule has 2 N–H and O–H groups in total. The van der Waals surface area contributed by atoms with Crippen molar-refractivity contribution in [1.82, 2.24) is 4.90 Å². The summed E-state index contributed by atoms with van der Waals surface area (Å²) >= 11 is 0. The van der Waals surface area contributed by atoms with Gasteiger partial charge in [0.15, 0.2) is 0 Å². The second-order valence-electron chi connectivity index (χ2n) is 6.99. The molecule has 2 rings (SSSR count). The fraction of sp³-hybridized carbons (Fsp3) is 0.867. The molecule has 2 nitrogen and oxygen atoms in total. The molecule has 0 aromatic rings. The molecule has 2 atom stereocenters. The van der Waals surface area contributed by atoms with Crippen molar-refractivity contribution in [2.45, 2.75) is 46.1 Å². The molecule has 0 aromatic carbocycles. The number of nitrogens with zero attached hydrogens (tertiary/aromatic N) is 1. The first-order chi connectivity index (χ1) is 7.95. The fourth-order valence-electron chi connectivity index (χ4n) is 3.26. The van der Waals surface area contributed by atoms with Crippen molar-refractivity contribution in [3.63, 3.8) is 0 Å².